The van der Waals surface area contributed by atoms with E-state index in [1.54, 1.807) is 0 Å². The number of carbonyl (C=O) groups is 1. The van der Waals surface area contributed by atoms with Gasteiger partial charge in [-0.3, -0.25) is 10.1 Å². The zero-order valence-electron chi connectivity index (χ0n) is 13.6. The summed E-state index contributed by atoms with van der Waals surface area (Å²) in [5.41, 5.74) is 0. The first kappa shape index (κ1) is 15.8. The van der Waals surface area contributed by atoms with Crippen molar-refractivity contribution in [3.8, 4) is 0 Å². The molecule has 1 saturated carbocycles. The lowest BCUT2D eigenvalue weighted by Gasteiger charge is -2.29. The molecular weight excluding hydrogens is 250 g/mol. The summed E-state index contributed by atoms with van der Waals surface area (Å²) in [5.74, 6) is 1.56. The van der Waals surface area contributed by atoms with Crippen LogP contribution < -0.4 is 5.32 Å². The summed E-state index contributed by atoms with van der Waals surface area (Å²) in [5, 5.41) is 3.65. The van der Waals surface area contributed by atoms with E-state index in [0.717, 1.165) is 19.5 Å². The van der Waals surface area contributed by atoms with Crippen LogP contribution >= 0.6 is 0 Å². The number of carbonyl (C=O) groups excluding carboxylic acids is 1. The van der Waals surface area contributed by atoms with Crippen LogP contribution in [0.15, 0.2) is 0 Å². The number of hydrogen-bond acceptors (Lipinski definition) is 3. The molecule has 20 heavy (non-hydrogen) atoms. The van der Waals surface area contributed by atoms with Crippen molar-refractivity contribution in [3.05, 3.63) is 0 Å². The van der Waals surface area contributed by atoms with Crippen molar-refractivity contribution in [2.75, 3.05) is 27.2 Å². The molecule has 2 rings (SSSR count). The first-order valence-corrected chi connectivity index (χ1v) is 8.20. The van der Waals surface area contributed by atoms with Crippen molar-refractivity contribution in [1.82, 2.24) is 15.1 Å². The van der Waals surface area contributed by atoms with Crippen LogP contribution in [0.2, 0.25) is 0 Å². The van der Waals surface area contributed by atoms with E-state index in [4.69, 9.17) is 0 Å². The minimum absolute atomic E-state index is 0.0442. The van der Waals surface area contributed by atoms with Crippen LogP contribution in [-0.4, -0.2) is 55.1 Å². The van der Waals surface area contributed by atoms with Gasteiger partial charge in [-0.2, -0.15) is 0 Å². The molecule has 2 atom stereocenters. The van der Waals surface area contributed by atoms with Crippen LogP contribution in [0, 0.1) is 11.8 Å². The summed E-state index contributed by atoms with van der Waals surface area (Å²) in [6.45, 7) is 6.20. The van der Waals surface area contributed by atoms with Gasteiger partial charge in [0, 0.05) is 13.1 Å². The first-order chi connectivity index (χ1) is 9.49. The maximum atomic E-state index is 12.7. The van der Waals surface area contributed by atoms with Crippen LogP contribution in [-0.2, 0) is 4.79 Å². The van der Waals surface area contributed by atoms with Gasteiger partial charge in [-0.25, -0.2) is 0 Å². The minimum Gasteiger partial charge on any atom is -0.324 e. The molecule has 1 saturated heterocycles. The summed E-state index contributed by atoms with van der Waals surface area (Å²) in [7, 11) is 4.15. The molecule has 2 aliphatic rings. The van der Waals surface area contributed by atoms with Gasteiger partial charge in [0.15, 0.2) is 0 Å². The number of amides is 1. The van der Waals surface area contributed by atoms with Gasteiger partial charge in [0.25, 0.3) is 0 Å². The van der Waals surface area contributed by atoms with Crippen molar-refractivity contribution in [1.29, 1.82) is 0 Å². The molecule has 2 unspecified atom stereocenters. The third kappa shape index (κ3) is 3.73. The Labute approximate surface area is 123 Å². The minimum atomic E-state index is 0.0442. The molecule has 1 aliphatic carbocycles. The zero-order chi connectivity index (χ0) is 14.7. The van der Waals surface area contributed by atoms with Crippen molar-refractivity contribution in [2.45, 2.75) is 58.2 Å². The normalized spacial score (nSPS) is 28.3. The number of rotatable bonds is 6. The second-order valence-corrected chi connectivity index (χ2v) is 7.17. The van der Waals surface area contributed by atoms with Gasteiger partial charge in [0.1, 0.15) is 0 Å². The van der Waals surface area contributed by atoms with Crippen LogP contribution in [0.3, 0.4) is 0 Å². The van der Waals surface area contributed by atoms with Gasteiger partial charge in [-0.15, -0.1) is 0 Å². The highest BCUT2D eigenvalue weighted by Gasteiger charge is 2.42. The quantitative estimate of drug-likeness (QED) is 0.808. The molecule has 4 heteroatoms. The van der Waals surface area contributed by atoms with E-state index in [9.17, 15) is 4.79 Å². The number of hydrogen-bond donors (Lipinski definition) is 1. The monoisotopic (exact) mass is 281 g/mol. The Bertz CT molecular complexity index is 324. The second kappa shape index (κ2) is 6.90. The van der Waals surface area contributed by atoms with E-state index in [-0.39, 0.29) is 12.2 Å². The summed E-state index contributed by atoms with van der Waals surface area (Å²) in [6, 6.07) is 0.0442. The van der Waals surface area contributed by atoms with E-state index in [1.165, 1.54) is 25.7 Å². The highest BCUT2D eigenvalue weighted by molar-refractivity contribution is 5.84. The average molecular weight is 281 g/mol. The number of likely N-dealkylation sites (N-methyl/N-ethyl adjacent to an activating group) is 1. The van der Waals surface area contributed by atoms with Crippen LogP contribution in [0.1, 0.15) is 46.0 Å². The predicted molar refractivity (Wildman–Crippen MR) is 82.4 cm³/mol. The second-order valence-electron chi connectivity index (χ2n) is 7.17. The molecule has 1 heterocycles. The summed E-state index contributed by atoms with van der Waals surface area (Å²) >= 11 is 0. The fourth-order valence-electron chi connectivity index (χ4n) is 3.57. The lowest BCUT2D eigenvalue weighted by atomic mass is 10.0. The van der Waals surface area contributed by atoms with Crippen LogP contribution in [0.4, 0.5) is 0 Å². The zero-order valence-corrected chi connectivity index (χ0v) is 13.6. The van der Waals surface area contributed by atoms with Crippen molar-refractivity contribution in [3.63, 3.8) is 0 Å². The summed E-state index contributed by atoms with van der Waals surface area (Å²) < 4.78 is 0. The third-order valence-electron chi connectivity index (χ3n) is 4.63. The van der Waals surface area contributed by atoms with E-state index < -0.39 is 0 Å². The maximum Gasteiger partial charge on any atom is 0.241 e. The molecule has 0 spiro atoms. The van der Waals surface area contributed by atoms with Gasteiger partial charge >= 0.3 is 0 Å². The fraction of sp³-hybridized carbons (Fsp3) is 0.938. The van der Waals surface area contributed by atoms with Gasteiger partial charge in [0.2, 0.25) is 5.91 Å². The Kier molecular flexibility index (Phi) is 5.44. The van der Waals surface area contributed by atoms with Crippen LogP contribution in [0.25, 0.3) is 0 Å². The Morgan fingerprint density at radius 2 is 1.95 bits per heavy atom. The Balaban J connectivity index is 2.03. The highest BCUT2D eigenvalue weighted by Crippen LogP contribution is 2.32. The molecule has 0 bridgehead atoms. The highest BCUT2D eigenvalue weighted by atomic mass is 16.2. The molecule has 0 aromatic carbocycles. The predicted octanol–water partition coefficient (Wildman–Crippen LogP) is 1.91. The van der Waals surface area contributed by atoms with Gasteiger partial charge in [-0.1, -0.05) is 26.7 Å². The third-order valence-corrected chi connectivity index (χ3v) is 4.63. The molecule has 1 N–H and O–H groups in total. The molecule has 116 valence electrons. The molecule has 2 fully saturated rings. The van der Waals surface area contributed by atoms with E-state index in [1.807, 2.05) is 0 Å². The number of nitrogens with zero attached hydrogens (tertiary/aromatic N) is 2. The van der Waals surface area contributed by atoms with E-state index in [2.05, 4.69) is 43.1 Å². The van der Waals surface area contributed by atoms with Crippen molar-refractivity contribution < 1.29 is 4.79 Å². The fourth-order valence-corrected chi connectivity index (χ4v) is 3.57. The summed E-state index contributed by atoms with van der Waals surface area (Å²) in [4.78, 5) is 17.0. The van der Waals surface area contributed by atoms with E-state index >= 15 is 0 Å². The SMILES string of the molecule is CC(C)CC1NC(C2CCCC2)N(CCN(C)C)C1=O. The van der Waals surface area contributed by atoms with Crippen molar-refractivity contribution >= 4 is 5.91 Å². The topological polar surface area (TPSA) is 35.6 Å². The molecule has 0 aromatic rings. The molecule has 0 aromatic heterocycles. The molecular formula is C16H31N3O. The molecule has 4 nitrogen and oxygen atoms in total. The smallest absolute Gasteiger partial charge is 0.241 e. The molecule has 0 radical (unpaired) electrons. The van der Waals surface area contributed by atoms with Gasteiger partial charge in [-0.05, 0) is 45.2 Å². The van der Waals surface area contributed by atoms with Crippen molar-refractivity contribution in [2.24, 2.45) is 11.8 Å². The van der Waals surface area contributed by atoms with E-state index in [0.29, 0.717) is 17.7 Å². The number of nitrogens with one attached hydrogen (secondary N) is 1. The Hall–Kier alpha value is -0.610. The lowest BCUT2D eigenvalue weighted by Crippen LogP contribution is -2.45. The average Bonchev–Trinajstić information content (AvgIpc) is 2.96. The molecule has 1 aliphatic heterocycles. The Morgan fingerprint density at radius 1 is 1.30 bits per heavy atom. The lowest BCUT2D eigenvalue weighted by molar-refractivity contribution is -0.131. The largest absolute Gasteiger partial charge is 0.324 e. The maximum absolute atomic E-state index is 12.7. The standard InChI is InChI=1S/C16H31N3O/c1-12(2)11-14-16(20)19(10-9-18(3)4)15(17-14)13-7-5-6-8-13/h12-15,17H,5-11H2,1-4H3. The van der Waals surface area contributed by atoms with Gasteiger partial charge in [0.05, 0.1) is 12.2 Å². The molecule has 1 amide bonds. The van der Waals surface area contributed by atoms with Gasteiger partial charge < -0.3 is 9.80 Å². The summed E-state index contributed by atoms with van der Waals surface area (Å²) in [6.07, 6.45) is 6.45. The first-order valence-electron chi connectivity index (χ1n) is 8.20. The van der Waals surface area contributed by atoms with Crippen LogP contribution in [0.5, 0.6) is 0 Å². The Morgan fingerprint density at radius 3 is 2.50 bits per heavy atom.